The molecule has 2 N–H and O–H groups in total. The van der Waals surface area contributed by atoms with Crippen LogP contribution in [0.4, 0.5) is 8.78 Å². The highest BCUT2D eigenvalue weighted by atomic mass is 32.2. The molecule has 112 valence electrons. The van der Waals surface area contributed by atoms with Crippen molar-refractivity contribution in [3.05, 3.63) is 29.8 Å². The van der Waals surface area contributed by atoms with Crippen LogP contribution in [0.3, 0.4) is 0 Å². The molecule has 1 rings (SSSR count). The van der Waals surface area contributed by atoms with Crippen LogP contribution in [-0.2, 0) is 14.8 Å². The molecule has 1 atom stereocenters. The van der Waals surface area contributed by atoms with Crippen LogP contribution in [0.25, 0.3) is 0 Å². The van der Waals surface area contributed by atoms with Gasteiger partial charge in [-0.25, -0.2) is 21.9 Å². The van der Waals surface area contributed by atoms with Gasteiger partial charge in [-0.15, -0.1) is 0 Å². The third-order valence-electron chi connectivity index (χ3n) is 2.62. The van der Waals surface area contributed by atoms with E-state index in [4.69, 9.17) is 5.11 Å². The molecular formula is C12H15F2NO4S. The van der Waals surface area contributed by atoms with Crippen molar-refractivity contribution in [2.75, 3.05) is 6.54 Å². The van der Waals surface area contributed by atoms with E-state index >= 15 is 0 Å². The Balaban J connectivity index is 2.68. The number of aliphatic carboxylic acids is 1. The monoisotopic (exact) mass is 307 g/mol. The van der Waals surface area contributed by atoms with E-state index in [0.29, 0.717) is 24.6 Å². The number of rotatable bonds is 7. The number of sulfonamides is 1. The Morgan fingerprint density at radius 1 is 1.30 bits per heavy atom. The number of nitrogens with one attached hydrogen (secondary N) is 1. The maximum Gasteiger partial charge on any atom is 0.303 e. The van der Waals surface area contributed by atoms with Crippen molar-refractivity contribution < 1.29 is 27.1 Å². The molecule has 0 saturated heterocycles. The van der Waals surface area contributed by atoms with E-state index in [1.807, 2.05) is 0 Å². The van der Waals surface area contributed by atoms with Gasteiger partial charge in [-0.3, -0.25) is 4.79 Å². The van der Waals surface area contributed by atoms with E-state index in [1.54, 1.807) is 6.92 Å². The average Bonchev–Trinajstić information content (AvgIpc) is 2.32. The van der Waals surface area contributed by atoms with Gasteiger partial charge < -0.3 is 5.11 Å². The fourth-order valence-corrected chi connectivity index (χ4v) is 2.70. The summed E-state index contributed by atoms with van der Waals surface area (Å²) in [6, 6.07) is 2.01. The Labute approximate surface area is 115 Å². The third-order valence-corrected chi connectivity index (χ3v) is 4.02. The van der Waals surface area contributed by atoms with Gasteiger partial charge in [0.25, 0.3) is 0 Å². The minimum Gasteiger partial charge on any atom is -0.481 e. The van der Waals surface area contributed by atoms with Crippen LogP contribution < -0.4 is 4.72 Å². The highest BCUT2D eigenvalue weighted by Crippen LogP contribution is 2.14. The van der Waals surface area contributed by atoms with Gasteiger partial charge >= 0.3 is 5.97 Å². The zero-order chi connectivity index (χ0) is 15.3. The molecule has 0 aliphatic rings. The molecule has 0 bridgehead atoms. The number of hydrogen-bond acceptors (Lipinski definition) is 3. The van der Waals surface area contributed by atoms with Gasteiger partial charge in [-0.1, -0.05) is 6.92 Å². The summed E-state index contributed by atoms with van der Waals surface area (Å²) < 4.78 is 51.8. The molecule has 20 heavy (non-hydrogen) atoms. The first-order valence-electron chi connectivity index (χ1n) is 5.88. The Morgan fingerprint density at radius 2 is 1.85 bits per heavy atom. The lowest BCUT2D eigenvalue weighted by Gasteiger charge is -2.12. The number of carboxylic acids is 1. The first kappa shape index (κ1) is 16.5. The summed E-state index contributed by atoms with van der Waals surface area (Å²) in [4.78, 5) is 9.88. The van der Waals surface area contributed by atoms with E-state index in [1.165, 1.54) is 0 Å². The lowest BCUT2D eigenvalue weighted by molar-refractivity contribution is -0.137. The number of hydrogen-bond donors (Lipinski definition) is 2. The Hall–Kier alpha value is -1.54. The molecule has 0 aromatic heterocycles. The molecule has 5 nitrogen and oxygen atoms in total. The quantitative estimate of drug-likeness (QED) is 0.804. The van der Waals surface area contributed by atoms with Crippen LogP contribution >= 0.6 is 0 Å². The van der Waals surface area contributed by atoms with Crippen molar-refractivity contribution in [2.24, 2.45) is 5.92 Å². The van der Waals surface area contributed by atoms with E-state index in [9.17, 15) is 22.0 Å². The maximum atomic E-state index is 13.0. The molecule has 0 radical (unpaired) electrons. The minimum absolute atomic E-state index is 0.00620. The summed E-state index contributed by atoms with van der Waals surface area (Å²) in [5.41, 5.74) is 0. The first-order valence-corrected chi connectivity index (χ1v) is 7.36. The summed E-state index contributed by atoms with van der Waals surface area (Å²) in [7, 11) is -4.02. The zero-order valence-corrected chi connectivity index (χ0v) is 11.6. The molecule has 0 heterocycles. The molecule has 1 unspecified atom stereocenters. The van der Waals surface area contributed by atoms with E-state index in [0.717, 1.165) is 0 Å². The summed E-state index contributed by atoms with van der Waals surface area (Å²) in [6.07, 6.45) is 0.229. The summed E-state index contributed by atoms with van der Waals surface area (Å²) in [5.74, 6) is -3.14. The third kappa shape index (κ3) is 5.22. The van der Waals surface area contributed by atoms with Gasteiger partial charge in [-0.2, -0.15) is 0 Å². The van der Waals surface area contributed by atoms with Crippen LogP contribution in [0.5, 0.6) is 0 Å². The van der Waals surface area contributed by atoms with Crippen LogP contribution in [0, 0.1) is 17.6 Å². The number of halogens is 2. The van der Waals surface area contributed by atoms with Crippen molar-refractivity contribution in [1.82, 2.24) is 4.72 Å². The summed E-state index contributed by atoms with van der Waals surface area (Å²) in [6.45, 7) is 1.67. The Morgan fingerprint density at radius 3 is 2.35 bits per heavy atom. The van der Waals surface area contributed by atoms with Crippen LogP contribution in [0.1, 0.15) is 19.8 Å². The van der Waals surface area contributed by atoms with Crippen molar-refractivity contribution in [1.29, 1.82) is 0 Å². The van der Waals surface area contributed by atoms with E-state index in [-0.39, 0.29) is 18.9 Å². The van der Waals surface area contributed by atoms with Crippen LogP contribution in [0.15, 0.2) is 23.1 Å². The molecule has 1 aromatic rings. The molecule has 0 aliphatic heterocycles. The van der Waals surface area contributed by atoms with Gasteiger partial charge in [0, 0.05) is 19.0 Å². The van der Waals surface area contributed by atoms with Crippen LogP contribution in [-0.4, -0.2) is 26.0 Å². The first-order chi connectivity index (χ1) is 9.20. The molecule has 0 spiro atoms. The molecule has 0 fully saturated rings. The van der Waals surface area contributed by atoms with Gasteiger partial charge in [-0.05, 0) is 24.5 Å². The predicted molar refractivity (Wildman–Crippen MR) is 67.6 cm³/mol. The van der Waals surface area contributed by atoms with Crippen molar-refractivity contribution in [3.63, 3.8) is 0 Å². The van der Waals surface area contributed by atoms with Crippen LogP contribution in [0.2, 0.25) is 0 Å². The Bertz CT molecular complexity index is 569. The van der Waals surface area contributed by atoms with Crippen molar-refractivity contribution in [2.45, 2.75) is 24.7 Å². The lowest BCUT2D eigenvalue weighted by atomic mass is 10.1. The summed E-state index contributed by atoms with van der Waals surface area (Å²) in [5, 5.41) is 8.51. The zero-order valence-electron chi connectivity index (χ0n) is 10.8. The normalized spacial score (nSPS) is 13.2. The second kappa shape index (κ2) is 6.76. The van der Waals surface area contributed by atoms with Gasteiger partial charge in [0.1, 0.15) is 11.6 Å². The predicted octanol–water partition coefficient (Wildman–Crippen LogP) is 1.74. The molecule has 1 aromatic carbocycles. The second-order valence-electron chi connectivity index (χ2n) is 4.49. The Kier molecular flexibility index (Phi) is 5.58. The maximum absolute atomic E-state index is 13.0. The second-order valence-corrected chi connectivity index (χ2v) is 6.26. The van der Waals surface area contributed by atoms with Gasteiger partial charge in [0.2, 0.25) is 10.0 Å². The van der Waals surface area contributed by atoms with Crippen molar-refractivity contribution >= 4 is 16.0 Å². The van der Waals surface area contributed by atoms with E-state index in [2.05, 4.69) is 4.72 Å². The molecule has 0 aliphatic carbocycles. The minimum atomic E-state index is -4.02. The molecular weight excluding hydrogens is 292 g/mol. The van der Waals surface area contributed by atoms with Crippen molar-refractivity contribution in [3.8, 4) is 0 Å². The number of carboxylic acid groups (broad SMARTS) is 1. The lowest BCUT2D eigenvalue weighted by Crippen LogP contribution is -2.28. The highest BCUT2D eigenvalue weighted by Gasteiger charge is 2.17. The SMILES string of the molecule is CC(CCC(=O)O)CNS(=O)(=O)c1cc(F)cc(F)c1. The number of benzene rings is 1. The molecule has 8 heteroatoms. The fourth-order valence-electron chi connectivity index (χ4n) is 1.49. The molecule has 0 amide bonds. The van der Waals surface area contributed by atoms with E-state index < -0.39 is 32.5 Å². The largest absolute Gasteiger partial charge is 0.481 e. The molecule has 0 saturated carbocycles. The fraction of sp³-hybridized carbons (Fsp3) is 0.417. The smallest absolute Gasteiger partial charge is 0.303 e. The highest BCUT2D eigenvalue weighted by molar-refractivity contribution is 7.89. The summed E-state index contributed by atoms with van der Waals surface area (Å²) >= 11 is 0. The average molecular weight is 307 g/mol. The van der Waals surface area contributed by atoms with Gasteiger partial charge in [0.05, 0.1) is 4.90 Å². The van der Waals surface area contributed by atoms with Gasteiger partial charge in [0.15, 0.2) is 0 Å². The topological polar surface area (TPSA) is 83.5 Å². The standard InChI is InChI=1S/C12H15F2NO4S/c1-8(2-3-12(16)17)7-15-20(18,19)11-5-9(13)4-10(14)6-11/h4-6,8,15H,2-3,7H2,1H3,(H,16,17). The number of carbonyl (C=O) groups is 1.